The van der Waals surface area contributed by atoms with Gasteiger partial charge in [0.15, 0.2) is 17.5 Å². The molecule has 1 saturated carbocycles. The lowest BCUT2D eigenvalue weighted by Crippen LogP contribution is -2.13. The second-order valence-electron chi connectivity index (χ2n) is 7.16. The van der Waals surface area contributed by atoms with Gasteiger partial charge in [0.25, 0.3) is 6.08 Å². The molecule has 0 atom stereocenters. The van der Waals surface area contributed by atoms with Crippen LogP contribution in [0.1, 0.15) is 50.0 Å². The van der Waals surface area contributed by atoms with Gasteiger partial charge in [-0.1, -0.05) is 24.3 Å². The first-order valence-corrected chi connectivity index (χ1v) is 9.20. The molecule has 0 aliphatic heterocycles. The molecule has 0 bridgehead atoms. The van der Waals surface area contributed by atoms with Gasteiger partial charge in [-0.3, -0.25) is 0 Å². The van der Waals surface area contributed by atoms with Gasteiger partial charge < -0.3 is 0 Å². The maximum absolute atomic E-state index is 13.4. The molecule has 144 valence electrons. The molecule has 0 amide bonds. The molecule has 1 fully saturated rings. The molecule has 0 aromatic heterocycles. The van der Waals surface area contributed by atoms with E-state index in [-0.39, 0.29) is 0 Å². The van der Waals surface area contributed by atoms with Crippen LogP contribution in [0.4, 0.5) is 22.0 Å². The fourth-order valence-electron chi connectivity index (χ4n) is 3.88. The molecule has 0 saturated heterocycles. The van der Waals surface area contributed by atoms with E-state index in [1.165, 1.54) is 0 Å². The van der Waals surface area contributed by atoms with Crippen molar-refractivity contribution in [3.63, 3.8) is 0 Å². The van der Waals surface area contributed by atoms with Crippen molar-refractivity contribution in [2.75, 3.05) is 0 Å². The number of hydrogen-bond acceptors (Lipinski definition) is 0. The Hall–Kier alpha value is -2.17. The van der Waals surface area contributed by atoms with E-state index < -0.39 is 23.5 Å². The van der Waals surface area contributed by atoms with E-state index in [9.17, 15) is 22.0 Å². The third-order valence-electron chi connectivity index (χ3n) is 5.42. The summed E-state index contributed by atoms with van der Waals surface area (Å²) in [5.74, 6) is -2.96. The van der Waals surface area contributed by atoms with Gasteiger partial charge in [-0.25, -0.2) is 13.2 Å². The molecule has 5 heteroatoms. The van der Waals surface area contributed by atoms with Gasteiger partial charge in [-0.05, 0) is 85.3 Å². The van der Waals surface area contributed by atoms with Gasteiger partial charge in [0, 0.05) is 0 Å². The molecule has 0 nitrogen and oxygen atoms in total. The smallest absolute Gasteiger partial charge is 0.204 e. The Labute approximate surface area is 155 Å². The summed E-state index contributed by atoms with van der Waals surface area (Å²) in [6.07, 6.45) is 4.65. The van der Waals surface area contributed by atoms with Gasteiger partial charge in [0.2, 0.25) is 0 Å². The molecule has 27 heavy (non-hydrogen) atoms. The van der Waals surface area contributed by atoms with Crippen LogP contribution >= 0.6 is 0 Å². The molecule has 1 aliphatic carbocycles. The highest BCUT2D eigenvalue weighted by molar-refractivity contribution is 5.64. The van der Waals surface area contributed by atoms with E-state index in [0.29, 0.717) is 29.4 Å². The molecule has 1 aliphatic rings. The van der Waals surface area contributed by atoms with Gasteiger partial charge in [0.05, 0.1) is 0 Å². The maximum atomic E-state index is 13.4. The predicted molar refractivity (Wildman–Crippen MR) is 96.0 cm³/mol. The summed E-state index contributed by atoms with van der Waals surface area (Å²) in [5.41, 5.74) is 2.09. The minimum atomic E-state index is -1.61. The Balaban J connectivity index is 1.61. The molecule has 0 spiro atoms. The zero-order chi connectivity index (χ0) is 19.4. The van der Waals surface area contributed by atoms with Crippen LogP contribution in [0.2, 0.25) is 0 Å². The Morgan fingerprint density at radius 1 is 0.852 bits per heavy atom. The Morgan fingerprint density at radius 3 is 2.00 bits per heavy atom. The number of rotatable bonds is 5. The van der Waals surface area contributed by atoms with Crippen molar-refractivity contribution in [2.45, 2.75) is 44.4 Å². The van der Waals surface area contributed by atoms with Crippen molar-refractivity contribution in [2.24, 2.45) is 5.92 Å². The highest BCUT2D eigenvalue weighted by Gasteiger charge is 2.22. The highest BCUT2D eigenvalue weighted by Crippen LogP contribution is 2.38. The van der Waals surface area contributed by atoms with E-state index >= 15 is 0 Å². The maximum Gasteiger partial charge on any atom is 0.266 e. The molecular weight excluding hydrogens is 359 g/mol. The largest absolute Gasteiger partial charge is 0.266 e. The molecule has 2 aromatic carbocycles. The molecule has 0 unspecified atom stereocenters. The van der Waals surface area contributed by atoms with Crippen molar-refractivity contribution in [1.82, 2.24) is 0 Å². The summed E-state index contributed by atoms with van der Waals surface area (Å²) in [5, 5.41) is 0. The molecule has 0 heterocycles. The zero-order valence-electron chi connectivity index (χ0n) is 14.8. The lowest BCUT2D eigenvalue weighted by atomic mass is 9.77. The fourth-order valence-corrected chi connectivity index (χ4v) is 3.88. The summed E-state index contributed by atoms with van der Waals surface area (Å²) < 4.78 is 64.1. The van der Waals surface area contributed by atoms with Crippen LogP contribution in [-0.4, -0.2) is 0 Å². The first kappa shape index (κ1) is 19.6. The summed E-state index contributed by atoms with van der Waals surface area (Å²) >= 11 is 0. The van der Waals surface area contributed by atoms with Gasteiger partial charge in [-0.2, -0.15) is 8.78 Å². The molecule has 0 N–H and O–H groups in total. The lowest BCUT2D eigenvalue weighted by Gasteiger charge is -2.28. The monoisotopic (exact) mass is 380 g/mol. The molecule has 3 rings (SSSR count). The van der Waals surface area contributed by atoms with Crippen LogP contribution in [0.25, 0.3) is 11.1 Å². The van der Waals surface area contributed by atoms with Gasteiger partial charge in [-0.15, -0.1) is 0 Å². The van der Waals surface area contributed by atoms with Crippen LogP contribution in [0.5, 0.6) is 0 Å². The Morgan fingerprint density at radius 2 is 1.44 bits per heavy atom. The average Bonchev–Trinajstić information content (AvgIpc) is 2.66. The predicted octanol–water partition coefficient (Wildman–Crippen LogP) is 7.61. The first-order valence-electron chi connectivity index (χ1n) is 9.20. The summed E-state index contributed by atoms with van der Waals surface area (Å²) in [6.45, 7) is 0. The number of allylic oxidation sites excluding steroid dienone is 1. The highest BCUT2D eigenvalue weighted by atomic mass is 19.3. The second kappa shape index (κ2) is 8.68. The third-order valence-corrected chi connectivity index (χ3v) is 5.42. The van der Waals surface area contributed by atoms with Gasteiger partial charge >= 0.3 is 0 Å². The van der Waals surface area contributed by atoms with E-state index in [0.717, 1.165) is 55.9 Å². The summed E-state index contributed by atoms with van der Waals surface area (Å²) in [6, 6.07) is 9.47. The third kappa shape index (κ3) is 4.96. The molecule has 2 aromatic rings. The van der Waals surface area contributed by atoms with E-state index in [1.54, 1.807) is 12.1 Å². The Bertz CT molecular complexity index is 775. The van der Waals surface area contributed by atoms with E-state index in [4.69, 9.17) is 0 Å². The normalized spacial score (nSPS) is 19.7. The topological polar surface area (TPSA) is 0 Å². The summed E-state index contributed by atoms with van der Waals surface area (Å²) in [4.78, 5) is 0. The van der Waals surface area contributed by atoms with Crippen molar-refractivity contribution < 1.29 is 22.0 Å². The Kier molecular flexibility index (Phi) is 6.30. The zero-order valence-corrected chi connectivity index (χ0v) is 14.8. The average molecular weight is 380 g/mol. The van der Waals surface area contributed by atoms with Crippen LogP contribution in [0.3, 0.4) is 0 Å². The van der Waals surface area contributed by atoms with E-state index in [2.05, 4.69) is 0 Å². The number of halogens is 5. The van der Waals surface area contributed by atoms with Crippen molar-refractivity contribution >= 4 is 0 Å². The SMILES string of the molecule is FC(F)=CCC[C@H]1CC[C@H](c2ccc(-c3cc(F)c(F)c(F)c3)cc2)CC1. The van der Waals surface area contributed by atoms with E-state index in [1.807, 2.05) is 12.1 Å². The van der Waals surface area contributed by atoms with Crippen LogP contribution in [0.15, 0.2) is 48.6 Å². The van der Waals surface area contributed by atoms with Crippen LogP contribution in [-0.2, 0) is 0 Å². The van der Waals surface area contributed by atoms with Gasteiger partial charge in [0.1, 0.15) is 0 Å². The summed E-state index contributed by atoms with van der Waals surface area (Å²) in [7, 11) is 0. The molecule has 0 radical (unpaired) electrons. The lowest BCUT2D eigenvalue weighted by molar-refractivity contribution is 0.310. The van der Waals surface area contributed by atoms with Crippen molar-refractivity contribution in [3.05, 3.63) is 71.6 Å². The quantitative estimate of drug-likeness (QED) is 0.370. The van der Waals surface area contributed by atoms with Crippen molar-refractivity contribution in [3.8, 4) is 11.1 Å². The second-order valence-corrected chi connectivity index (χ2v) is 7.16. The first-order chi connectivity index (χ1) is 12.9. The van der Waals surface area contributed by atoms with Crippen LogP contribution in [0, 0.1) is 23.4 Å². The fraction of sp³-hybridized carbons (Fsp3) is 0.364. The van der Waals surface area contributed by atoms with Crippen molar-refractivity contribution in [1.29, 1.82) is 0 Å². The van der Waals surface area contributed by atoms with Crippen LogP contribution < -0.4 is 0 Å². The number of hydrogen-bond donors (Lipinski definition) is 0. The minimum Gasteiger partial charge on any atom is -0.204 e. The molecular formula is C22H21F5. The standard InChI is InChI=1S/C22H21F5/c23-19-12-18(13-20(24)22(19)27)17-10-8-16(9-11-17)15-6-4-14(5-7-15)2-1-3-21(25)26/h3,8-15H,1-2,4-7H2/t14-,15-. The number of benzene rings is 2. The minimum absolute atomic E-state index is 0.301.